The lowest BCUT2D eigenvalue weighted by Crippen LogP contribution is -2.37. The summed E-state index contributed by atoms with van der Waals surface area (Å²) in [5, 5.41) is 4.32. The third-order valence-corrected chi connectivity index (χ3v) is 8.36. The third-order valence-electron chi connectivity index (χ3n) is 8.36. The van der Waals surface area contributed by atoms with Gasteiger partial charge in [0.15, 0.2) is 11.6 Å². The molecular formula is C29H37FN6O. The molecule has 37 heavy (non-hydrogen) atoms. The maximum absolute atomic E-state index is 14.8. The average molecular weight is 505 g/mol. The van der Waals surface area contributed by atoms with Crippen LogP contribution in [0.1, 0.15) is 19.3 Å². The Hall–Kier alpha value is -2.97. The number of ether oxygens (including phenoxy) is 1. The second-order valence-electron chi connectivity index (χ2n) is 10.9. The number of nitrogens with one attached hydrogen (secondary N) is 1. The molecule has 6 rings (SSSR count). The van der Waals surface area contributed by atoms with Crippen molar-refractivity contribution in [3.8, 4) is 17.0 Å². The lowest BCUT2D eigenvalue weighted by molar-refractivity contribution is 0.178. The third kappa shape index (κ3) is 4.97. The highest BCUT2D eigenvalue weighted by atomic mass is 19.1. The molecule has 0 amide bonds. The van der Waals surface area contributed by atoms with E-state index in [4.69, 9.17) is 14.7 Å². The quantitative estimate of drug-likeness (QED) is 0.576. The van der Waals surface area contributed by atoms with Gasteiger partial charge in [-0.2, -0.15) is 0 Å². The first-order valence-electron chi connectivity index (χ1n) is 13.6. The molecule has 3 aliphatic heterocycles. The number of rotatable bonds is 4. The number of piperidine rings is 1. The van der Waals surface area contributed by atoms with Crippen LogP contribution in [0.2, 0.25) is 0 Å². The van der Waals surface area contributed by atoms with E-state index in [0.717, 1.165) is 92.4 Å². The Balaban J connectivity index is 1.36. The molecule has 7 nitrogen and oxygen atoms in total. The molecule has 196 valence electrons. The first-order chi connectivity index (χ1) is 18.1. The smallest absolute Gasteiger partial charge is 0.165 e. The molecule has 0 aliphatic carbocycles. The zero-order chi connectivity index (χ0) is 25.4. The normalized spacial score (nSPS) is 23.1. The minimum atomic E-state index is -0.351. The molecule has 0 saturated carbocycles. The topological polar surface area (TPSA) is 56.8 Å². The Morgan fingerprint density at radius 3 is 2.70 bits per heavy atom. The van der Waals surface area contributed by atoms with E-state index in [1.165, 1.54) is 20.0 Å². The van der Waals surface area contributed by atoms with Gasteiger partial charge in [0.05, 0.1) is 18.3 Å². The predicted molar refractivity (Wildman–Crippen MR) is 147 cm³/mol. The maximum Gasteiger partial charge on any atom is 0.165 e. The van der Waals surface area contributed by atoms with E-state index >= 15 is 0 Å². The fraction of sp³-hybridized carbons (Fsp3) is 0.517. The van der Waals surface area contributed by atoms with Crippen LogP contribution in [-0.4, -0.2) is 81.4 Å². The van der Waals surface area contributed by atoms with Gasteiger partial charge in [-0.15, -0.1) is 0 Å². The molecule has 0 bridgehead atoms. The number of nitrogens with zero attached hydrogens (tertiary/aromatic N) is 5. The van der Waals surface area contributed by atoms with Crippen LogP contribution in [0.25, 0.3) is 22.2 Å². The molecule has 2 aromatic heterocycles. The summed E-state index contributed by atoms with van der Waals surface area (Å²) in [6.07, 6.45) is 5.50. The fourth-order valence-electron chi connectivity index (χ4n) is 6.28. The van der Waals surface area contributed by atoms with Crippen molar-refractivity contribution < 1.29 is 9.13 Å². The maximum atomic E-state index is 14.8. The van der Waals surface area contributed by atoms with Crippen LogP contribution in [-0.2, 0) is 0 Å². The van der Waals surface area contributed by atoms with Gasteiger partial charge in [0.25, 0.3) is 0 Å². The molecule has 3 aromatic rings. The number of methoxy groups -OCH3 is 1. The number of hydrogen-bond donors (Lipinski definition) is 1. The lowest BCUT2D eigenvalue weighted by atomic mass is 9.89. The van der Waals surface area contributed by atoms with Gasteiger partial charge in [0.1, 0.15) is 5.82 Å². The predicted octanol–water partition coefficient (Wildman–Crippen LogP) is 4.02. The molecule has 5 heterocycles. The molecule has 1 aromatic carbocycles. The number of likely N-dealkylation sites (tertiary alicyclic amines) is 1. The summed E-state index contributed by atoms with van der Waals surface area (Å²) >= 11 is 0. The van der Waals surface area contributed by atoms with E-state index in [9.17, 15) is 4.39 Å². The molecule has 1 N–H and O–H groups in total. The summed E-state index contributed by atoms with van der Waals surface area (Å²) in [5.74, 6) is 2.20. The summed E-state index contributed by atoms with van der Waals surface area (Å²) in [4.78, 5) is 17.0. The molecule has 3 fully saturated rings. The van der Waals surface area contributed by atoms with Crippen molar-refractivity contribution >= 4 is 22.4 Å². The van der Waals surface area contributed by atoms with E-state index in [-0.39, 0.29) is 11.6 Å². The average Bonchev–Trinajstić information content (AvgIpc) is 3.31. The van der Waals surface area contributed by atoms with Crippen molar-refractivity contribution in [2.75, 3.05) is 76.3 Å². The van der Waals surface area contributed by atoms with E-state index in [1.807, 2.05) is 6.20 Å². The number of halogens is 1. The number of anilines is 2. The van der Waals surface area contributed by atoms with Crippen molar-refractivity contribution in [2.45, 2.75) is 19.3 Å². The first kappa shape index (κ1) is 24.4. The molecule has 0 radical (unpaired) electrons. The summed E-state index contributed by atoms with van der Waals surface area (Å²) in [6.45, 7) is 8.33. The largest absolute Gasteiger partial charge is 0.494 e. The number of benzene rings is 1. The Kier molecular flexibility index (Phi) is 6.86. The summed E-state index contributed by atoms with van der Waals surface area (Å²) in [7, 11) is 3.71. The molecule has 3 aliphatic rings. The standard InChI is InChI=1S/C29H37FN6O/c1-34-11-7-21-18-36(19-22(21)17-34)27-14-25(33-26-15-28(37-2)24(30)13-23(26)27)20-5-6-29(32-16-20)35-10-4-3-8-31-9-12-35/h5-6,13-16,21-22,31H,3-4,7-12,17-19H2,1-2H3. The second-order valence-corrected chi connectivity index (χ2v) is 10.9. The van der Waals surface area contributed by atoms with Gasteiger partial charge < -0.3 is 24.8 Å². The van der Waals surface area contributed by atoms with Gasteiger partial charge in [0, 0.05) is 68.2 Å². The van der Waals surface area contributed by atoms with Gasteiger partial charge in [-0.1, -0.05) is 0 Å². The number of aromatic nitrogens is 2. The van der Waals surface area contributed by atoms with Crippen molar-refractivity contribution in [3.05, 3.63) is 42.3 Å². The van der Waals surface area contributed by atoms with E-state index in [1.54, 1.807) is 12.1 Å². The second kappa shape index (κ2) is 10.4. The summed E-state index contributed by atoms with van der Waals surface area (Å²) < 4.78 is 20.1. The Labute approximate surface area is 218 Å². The highest BCUT2D eigenvalue weighted by molar-refractivity contribution is 5.95. The number of fused-ring (bicyclic) bond motifs is 2. The SMILES string of the molecule is COc1cc2nc(-c3ccc(N4CCCCNCC4)nc3)cc(N3CC4CCN(C)CC4C3)c2cc1F. The highest BCUT2D eigenvalue weighted by Crippen LogP contribution is 2.39. The van der Waals surface area contributed by atoms with Gasteiger partial charge in [-0.25, -0.2) is 14.4 Å². The molecule has 3 saturated heterocycles. The zero-order valence-corrected chi connectivity index (χ0v) is 21.9. The molecule has 0 spiro atoms. The van der Waals surface area contributed by atoms with Gasteiger partial charge in [0.2, 0.25) is 0 Å². The lowest BCUT2D eigenvalue weighted by Gasteiger charge is -2.31. The van der Waals surface area contributed by atoms with E-state index < -0.39 is 0 Å². The van der Waals surface area contributed by atoms with Crippen LogP contribution in [0.5, 0.6) is 5.75 Å². The van der Waals surface area contributed by atoms with Crippen LogP contribution in [0, 0.1) is 17.7 Å². The van der Waals surface area contributed by atoms with Gasteiger partial charge in [-0.3, -0.25) is 0 Å². The summed E-state index contributed by atoms with van der Waals surface area (Å²) in [6, 6.07) is 9.67. The van der Waals surface area contributed by atoms with Crippen molar-refractivity contribution in [1.82, 2.24) is 20.2 Å². The van der Waals surface area contributed by atoms with Crippen LogP contribution < -0.4 is 19.9 Å². The van der Waals surface area contributed by atoms with E-state index in [2.05, 4.69) is 45.3 Å². The van der Waals surface area contributed by atoms with E-state index in [0.29, 0.717) is 11.8 Å². The molecule has 8 heteroatoms. The van der Waals surface area contributed by atoms with Crippen molar-refractivity contribution in [2.24, 2.45) is 11.8 Å². The fourth-order valence-corrected chi connectivity index (χ4v) is 6.28. The Morgan fingerprint density at radius 2 is 1.86 bits per heavy atom. The highest BCUT2D eigenvalue weighted by Gasteiger charge is 2.37. The van der Waals surface area contributed by atoms with Crippen LogP contribution in [0.4, 0.5) is 15.9 Å². The Morgan fingerprint density at radius 1 is 0.973 bits per heavy atom. The van der Waals surface area contributed by atoms with Crippen LogP contribution in [0.15, 0.2) is 36.5 Å². The minimum Gasteiger partial charge on any atom is -0.494 e. The zero-order valence-electron chi connectivity index (χ0n) is 21.9. The molecule has 2 unspecified atom stereocenters. The molecule has 2 atom stereocenters. The minimum absolute atomic E-state index is 0.221. The van der Waals surface area contributed by atoms with Crippen LogP contribution >= 0.6 is 0 Å². The van der Waals surface area contributed by atoms with Gasteiger partial charge >= 0.3 is 0 Å². The molecular weight excluding hydrogens is 467 g/mol. The number of hydrogen-bond acceptors (Lipinski definition) is 7. The monoisotopic (exact) mass is 504 g/mol. The van der Waals surface area contributed by atoms with Crippen molar-refractivity contribution in [1.29, 1.82) is 0 Å². The summed E-state index contributed by atoms with van der Waals surface area (Å²) in [5.41, 5.74) is 3.63. The Bertz CT molecular complexity index is 1240. The van der Waals surface area contributed by atoms with Crippen molar-refractivity contribution in [3.63, 3.8) is 0 Å². The van der Waals surface area contributed by atoms with Gasteiger partial charge in [-0.05, 0) is 75.5 Å². The number of pyridine rings is 2. The van der Waals surface area contributed by atoms with Crippen LogP contribution in [0.3, 0.4) is 0 Å². The first-order valence-corrected chi connectivity index (χ1v) is 13.6.